The van der Waals surface area contributed by atoms with E-state index in [9.17, 15) is 4.79 Å². The van der Waals surface area contributed by atoms with Crippen molar-refractivity contribution >= 4 is 27.5 Å². The molecule has 0 aliphatic rings. The summed E-state index contributed by atoms with van der Waals surface area (Å²) in [7, 11) is 0. The first-order valence-electron chi connectivity index (χ1n) is 4.95. The summed E-state index contributed by atoms with van der Waals surface area (Å²) in [4.78, 5) is 11.5. The van der Waals surface area contributed by atoms with Crippen molar-refractivity contribution < 1.29 is 4.79 Å². The lowest BCUT2D eigenvalue weighted by Gasteiger charge is -2.10. The molecule has 1 rings (SSSR count). The van der Waals surface area contributed by atoms with Crippen molar-refractivity contribution in [2.75, 3.05) is 5.32 Å². The van der Waals surface area contributed by atoms with Crippen LogP contribution in [0.25, 0.3) is 0 Å². The van der Waals surface area contributed by atoms with Gasteiger partial charge in [0.05, 0.1) is 6.04 Å². The first-order valence-corrected chi connectivity index (χ1v) is 5.74. The minimum absolute atomic E-state index is 0.126. The highest BCUT2D eigenvalue weighted by atomic mass is 79.9. The molecule has 0 aliphatic heterocycles. The number of anilines is 1. The maximum absolute atomic E-state index is 11.5. The molecule has 4 heteroatoms. The van der Waals surface area contributed by atoms with E-state index in [1.54, 1.807) is 0 Å². The maximum atomic E-state index is 11.5. The molecular formula is C11H15BrN2O. The smallest absolute Gasteiger partial charge is 0.241 e. The Morgan fingerprint density at radius 2 is 2.07 bits per heavy atom. The van der Waals surface area contributed by atoms with Crippen LogP contribution in [0.3, 0.4) is 0 Å². The van der Waals surface area contributed by atoms with Crippen LogP contribution in [0.2, 0.25) is 0 Å². The monoisotopic (exact) mass is 270 g/mol. The summed E-state index contributed by atoms with van der Waals surface area (Å²) in [5.41, 5.74) is 6.46. The van der Waals surface area contributed by atoms with E-state index in [1.165, 1.54) is 0 Å². The fraction of sp³-hybridized carbons (Fsp3) is 0.364. The molecule has 1 atom stereocenters. The SMILES string of the molecule is CCCC(N)C(=O)Nc1ccc(Br)cc1. The van der Waals surface area contributed by atoms with Crippen LogP contribution in [0, 0.1) is 0 Å². The van der Waals surface area contributed by atoms with Gasteiger partial charge in [0.1, 0.15) is 0 Å². The summed E-state index contributed by atoms with van der Waals surface area (Å²) in [5.74, 6) is -0.126. The van der Waals surface area contributed by atoms with E-state index >= 15 is 0 Å². The largest absolute Gasteiger partial charge is 0.325 e. The van der Waals surface area contributed by atoms with Crippen molar-refractivity contribution in [1.82, 2.24) is 0 Å². The molecule has 0 radical (unpaired) electrons. The van der Waals surface area contributed by atoms with Crippen molar-refractivity contribution in [1.29, 1.82) is 0 Å². The molecule has 3 N–H and O–H groups in total. The lowest BCUT2D eigenvalue weighted by molar-refractivity contribution is -0.117. The number of nitrogens with two attached hydrogens (primary N) is 1. The van der Waals surface area contributed by atoms with Crippen LogP contribution in [0.15, 0.2) is 28.7 Å². The maximum Gasteiger partial charge on any atom is 0.241 e. The Hall–Kier alpha value is -0.870. The van der Waals surface area contributed by atoms with Gasteiger partial charge in [-0.1, -0.05) is 29.3 Å². The third-order valence-corrected chi connectivity index (χ3v) is 2.58. The molecule has 0 fully saturated rings. The molecule has 0 spiro atoms. The Kier molecular flexibility index (Phi) is 4.78. The minimum Gasteiger partial charge on any atom is -0.325 e. The molecule has 0 heterocycles. The number of hydrogen-bond donors (Lipinski definition) is 2. The van der Waals surface area contributed by atoms with Crippen molar-refractivity contribution in [3.05, 3.63) is 28.7 Å². The molecule has 1 aromatic rings. The zero-order valence-electron chi connectivity index (χ0n) is 8.66. The fourth-order valence-electron chi connectivity index (χ4n) is 1.21. The van der Waals surface area contributed by atoms with E-state index in [2.05, 4.69) is 21.2 Å². The van der Waals surface area contributed by atoms with Gasteiger partial charge in [-0.3, -0.25) is 4.79 Å². The molecule has 0 saturated heterocycles. The highest BCUT2D eigenvalue weighted by Gasteiger charge is 2.11. The number of rotatable bonds is 4. The van der Waals surface area contributed by atoms with Crippen molar-refractivity contribution in [2.45, 2.75) is 25.8 Å². The lowest BCUT2D eigenvalue weighted by atomic mass is 10.1. The lowest BCUT2D eigenvalue weighted by Crippen LogP contribution is -2.35. The first kappa shape index (κ1) is 12.2. The van der Waals surface area contributed by atoms with E-state index in [1.807, 2.05) is 31.2 Å². The van der Waals surface area contributed by atoms with Crippen LogP contribution >= 0.6 is 15.9 Å². The zero-order valence-corrected chi connectivity index (χ0v) is 10.3. The number of amides is 1. The fourth-order valence-corrected chi connectivity index (χ4v) is 1.47. The molecule has 0 aliphatic carbocycles. The first-order chi connectivity index (χ1) is 7.13. The van der Waals surface area contributed by atoms with Crippen LogP contribution in [0.1, 0.15) is 19.8 Å². The van der Waals surface area contributed by atoms with Gasteiger partial charge >= 0.3 is 0 Å². The number of carbonyl (C=O) groups is 1. The molecule has 82 valence electrons. The van der Waals surface area contributed by atoms with Crippen LogP contribution in [-0.2, 0) is 4.79 Å². The second-order valence-electron chi connectivity index (χ2n) is 3.39. The summed E-state index contributed by atoms with van der Waals surface area (Å²) >= 11 is 3.33. The van der Waals surface area contributed by atoms with Gasteiger partial charge in [-0.2, -0.15) is 0 Å². The Bertz CT molecular complexity index is 324. The van der Waals surface area contributed by atoms with Gasteiger partial charge in [-0.25, -0.2) is 0 Å². The molecule has 3 nitrogen and oxygen atoms in total. The Labute approximate surface area is 98.2 Å². The molecule has 1 aromatic carbocycles. The van der Waals surface area contributed by atoms with Crippen molar-refractivity contribution in [3.8, 4) is 0 Å². The Morgan fingerprint density at radius 3 is 2.60 bits per heavy atom. The second-order valence-corrected chi connectivity index (χ2v) is 4.31. The standard InChI is InChI=1S/C11H15BrN2O/c1-2-3-10(13)11(15)14-9-6-4-8(12)5-7-9/h4-7,10H,2-3,13H2,1H3,(H,14,15). The van der Waals surface area contributed by atoms with E-state index in [4.69, 9.17) is 5.73 Å². The van der Waals surface area contributed by atoms with Gasteiger partial charge in [0.2, 0.25) is 5.91 Å². The Morgan fingerprint density at radius 1 is 1.47 bits per heavy atom. The van der Waals surface area contributed by atoms with Crippen LogP contribution in [0.5, 0.6) is 0 Å². The van der Waals surface area contributed by atoms with Crippen LogP contribution in [-0.4, -0.2) is 11.9 Å². The summed E-state index contributed by atoms with van der Waals surface area (Å²) in [6.45, 7) is 2.01. The molecular weight excluding hydrogens is 256 g/mol. The van der Waals surface area contributed by atoms with E-state index in [0.29, 0.717) is 6.42 Å². The Balaban J connectivity index is 2.54. The molecule has 0 bridgehead atoms. The van der Waals surface area contributed by atoms with Gasteiger partial charge in [-0.15, -0.1) is 0 Å². The number of carbonyl (C=O) groups excluding carboxylic acids is 1. The topological polar surface area (TPSA) is 55.1 Å². The molecule has 1 amide bonds. The average molecular weight is 271 g/mol. The van der Waals surface area contributed by atoms with Gasteiger partial charge in [-0.05, 0) is 30.7 Å². The second kappa shape index (κ2) is 5.88. The number of halogens is 1. The predicted molar refractivity (Wildman–Crippen MR) is 65.7 cm³/mol. The summed E-state index contributed by atoms with van der Waals surface area (Å²) in [6.07, 6.45) is 1.62. The summed E-state index contributed by atoms with van der Waals surface area (Å²) in [5, 5.41) is 2.77. The molecule has 15 heavy (non-hydrogen) atoms. The molecule has 0 aromatic heterocycles. The van der Waals surface area contributed by atoms with Gasteiger partial charge in [0.15, 0.2) is 0 Å². The molecule has 1 unspecified atom stereocenters. The van der Waals surface area contributed by atoms with Crippen LogP contribution in [0.4, 0.5) is 5.69 Å². The summed E-state index contributed by atoms with van der Waals surface area (Å²) < 4.78 is 0.985. The van der Waals surface area contributed by atoms with E-state index in [0.717, 1.165) is 16.6 Å². The summed E-state index contributed by atoms with van der Waals surface area (Å²) in [6, 6.07) is 7.00. The number of benzene rings is 1. The zero-order chi connectivity index (χ0) is 11.3. The van der Waals surface area contributed by atoms with E-state index in [-0.39, 0.29) is 5.91 Å². The van der Waals surface area contributed by atoms with Crippen molar-refractivity contribution in [3.63, 3.8) is 0 Å². The predicted octanol–water partition coefficient (Wildman–Crippen LogP) is 2.52. The highest BCUT2D eigenvalue weighted by Crippen LogP contribution is 2.14. The van der Waals surface area contributed by atoms with Gasteiger partial charge < -0.3 is 11.1 Å². The molecule has 0 saturated carbocycles. The van der Waals surface area contributed by atoms with Crippen molar-refractivity contribution in [2.24, 2.45) is 5.73 Å². The number of hydrogen-bond acceptors (Lipinski definition) is 2. The number of nitrogens with one attached hydrogen (secondary N) is 1. The minimum atomic E-state index is -0.418. The third-order valence-electron chi connectivity index (χ3n) is 2.05. The van der Waals surface area contributed by atoms with Gasteiger partial charge in [0.25, 0.3) is 0 Å². The quantitative estimate of drug-likeness (QED) is 0.884. The third kappa shape index (κ3) is 4.01. The average Bonchev–Trinajstić information content (AvgIpc) is 2.22. The van der Waals surface area contributed by atoms with E-state index < -0.39 is 6.04 Å². The normalized spacial score (nSPS) is 12.2. The van der Waals surface area contributed by atoms with Crippen LogP contribution < -0.4 is 11.1 Å². The highest BCUT2D eigenvalue weighted by molar-refractivity contribution is 9.10. The van der Waals surface area contributed by atoms with Gasteiger partial charge in [0, 0.05) is 10.2 Å².